The third kappa shape index (κ3) is 5.52. The van der Waals surface area contributed by atoms with Gasteiger partial charge in [0, 0.05) is 31.6 Å². The largest absolute Gasteiger partial charge is 0.477 e. The highest BCUT2D eigenvalue weighted by atomic mass is 35.5. The average molecular weight is 440 g/mol. The van der Waals surface area contributed by atoms with Crippen LogP contribution in [0.4, 0.5) is 10.1 Å². The highest BCUT2D eigenvalue weighted by molar-refractivity contribution is 6.38. The second kappa shape index (κ2) is 10.8. The zero-order valence-corrected chi connectivity index (χ0v) is 18.6. The minimum atomic E-state index is -1.34. The molecule has 166 valence electrons. The van der Waals surface area contributed by atoms with Crippen LogP contribution in [-0.4, -0.2) is 42.0 Å². The molecule has 4 rings (SSSR count). The summed E-state index contributed by atoms with van der Waals surface area (Å²) in [5.74, 6) is -1.34. The van der Waals surface area contributed by atoms with Crippen molar-refractivity contribution < 1.29 is 14.3 Å². The monoisotopic (exact) mass is 439 g/mol. The fraction of sp³-hybridized carbons (Fsp3) is 0.545. The molecule has 2 fully saturated rings. The second-order valence-corrected chi connectivity index (χ2v) is 7.70. The number of halogens is 2. The van der Waals surface area contributed by atoms with Crippen molar-refractivity contribution >= 4 is 34.2 Å². The number of alkyl halides is 1. The molecular formula is C22H31ClFN3O3. The molecule has 0 saturated heterocycles. The normalized spacial score (nSPS) is 18.6. The lowest BCUT2D eigenvalue weighted by atomic mass is 10.1. The standard InChI is InChI=1S/C17H19ClFN3O3.C3H6.C2H6/c1-21(6-2-5-20)12-4-3-9-15(14(12)18)22(13-7-11(13)19)8-10(16(9)23)17(24)25;1-2-3-1;1-2/h3-4,8,11,13H,2,5-7,20H2,1H3,(H,24,25);1-3H2;1-2H3. The Balaban J connectivity index is 0.000000573. The summed E-state index contributed by atoms with van der Waals surface area (Å²) in [6, 6.07) is 2.73. The third-order valence-electron chi connectivity index (χ3n) is 4.84. The summed E-state index contributed by atoms with van der Waals surface area (Å²) < 4.78 is 15.2. The van der Waals surface area contributed by atoms with Gasteiger partial charge < -0.3 is 20.3 Å². The van der Waals surface area contributed by atoms with Crippen molar-refractivity contribution in [1.29, 1.82) is 0 Å². The Bertz CT molecular complexity index is 943. The van der Waals surface area contributed by atoms with Crippen LogP contribution in [0.5, 0.6) is 0 Å². The van der Waals surface area contributed by atoms with Crippen LogP contribution in [-0.2, 0) is 0 Å². The number of rotatable bonds is 6. The van der Waals surface area contributed by atoms with E-state index in [4.69, 9.17) is 17.3 Å². The Labute approximate surface area is 181 Å². The third-order valence-corrected chi connectivity index (χ3v) is 5.22. The van der Waals surface area contributed by atoms with Gasteiger partial charge in [-0.05, 0) is 25.1 Å². The quantitative estimate of drug-likeness (QED) is 0.685. The van der Waals surface area contributed by atoms with Gasteiger partial charge in [-0.2, -0.15) is 0 Å². The number of nitrogens with zero attached hydrogens (tertiary/aromatic N) is 2. The number of fused-ring (bicyclic) bond motifs is 1. The molecule has 2 unspecified atom stereocenters. The van der Waals surface area contributed by atoms with Crippen molar-refractivity contribution in [2.75, 3.05) is 25.0 Å². The number of benzene rings is 1. The van der Waals surface area contributed by atoms with Gasteiger partial charge in [0.15, 0.2) is 0 Å². The molecule has 2 saturated carbocycles. The van der Waals surface area contributed by atoms with Crippen LogP contribution >= 0.6 is 11.6 Å². The number of anilines is 1. The van der Waals surface area contributed by atoms with Crippen LogP contribution in [0.2, 0.25) is 5.02 Å². The van der Waals surface area contributed by atoms with Crippen molar-refractivity contribution in [2.45, 2.75) is 58.2 Å². The van der Waals surface area contributed by atoms with Gasteiger partial charge in [0.1, 0.15) is 11.7 Å². The first-order valence-corrected chi connectivity index (χ1v) is 10.9. The van der Waals surface area contributed by atoms with Gasteiger partial charge in [0.2, 0.25) is 5.43 Å². The van der Waals surface area contributed by atoms with E-state index < -0.39 is 23.6 Å². The smallest absolute Gasteiger partial charge is 0.341 e. The number of aromatic carboxylic acids is 1. The average Bonchev–Trinajstić information content (AvgIpc) is 3.65. The topological polar surface area (TPSA) is 88.6 Å². The van der Waals surface area contributed by atoms with Crippen molar-refractivity contribution in [3.8, 4) is 0 Å². The molecule has 2 aliphatic carbocycles. The molecule has 2 aromatic rings. The molecule has 0 radical (unpaired) electrons. The lowest BCUT2D eigenvalue weighted by Gasteiger charge is -2.22. The Morgan fingerprint density at radius 1 is 1.33 bits per heavy atom. The summed E-state index contributed by atoms with van der Waals surface area (Å²) in [5, 5.41) is 9.76. The van der Waals surface area contributed by atoms with Gasteiger partial charge in [-0.3, -0.25) is 4.79 Å². The zero-order chi connectivity index (χ0) is 22.4. The van der Waals surface area contributed by atoms with Gasteiger partial charge in [0.05, 0.1) is 22.3 Å². The molecular weight excluding hydrogens is 409 g/mol. The number of carboxylic acid groups (broad SMARTS) is 1. The molecule has 2 atom stereocenters. The first-order chi connectivity index (χ1) is 14.4. The van der Waals surface area contributed by atoms with Crippen molar-refractivity contribution in [2.24, 2.45) is 5.73 Å². The van der Waals surface area contributed by atoms with E-state index >= 15 is 0 Å². The summed E-state index contributed by atoms with van der Waals surface area (Å²) in [4.78, 5) is 25.7. The van der Waals surface area contributed by atoms with Gasteiger partial charge >= 0.3 is 5.97 Å². The predicted molar refractivity (Wildman–Crippen MR) is 121 cm³/mol. The second-order valence-electron chi connectivity index (χ2n) is 7.32. The number of nitrogens with two attached hydrogens (primary N) is 1. The van der Waals surface area contributed by atoms with Crippen LogP contribution in [0, 0.1) is 0 Å². The van der Waals surface area contributed by atoms with Gasteiger partial charge in [0.25, 0.3) is 0 Å². The maximum absolute atomic E-state index is 13.7. The Kier molecular flexibility index (Phi) is 8.67. The number of carbonyl (C=O) groups is 1. The van der Waals surface area contributed by atoms with E-state index in [0.29, 0.717) is 29.3 Å². The Morgan fingerprint density at radius 2 is 1.93 bits per heavy atom. The van der Waals surface area contributed by atoms with Crippen molar-refractivity contribution in [3.05, 3.63) is 39.1 Å². The maximum atomic E-state index is 13.7. The molecule has 3 N–H and O–H groups in total. The minimum absolute atomic E-state index is 0.181. The molecule has 30 heavy (non-hydrogen) atoms. The zero-order valence-electron chi connectivity index (χ0n) is 17.8. The minimum Gasteiger partial charge on any atom is -0.477 e. The van der Waals surface area contributed by atoms with Crippen LogP contribution in [0.25, 0.3) is 10.9 Å². The fourth-order valence-corrected chi connectivity index (χ4v) is 3.40. The number of hydrogen-bond acceptors (Lipinski definition) is 4. The summed E-state index contributed by atoms with van der Waals surface area (Å²) >= 11 is 6.54. The Morgan fingerprint density at radius 3 is 2.40 bits per heavy atom. The van der Waals surface area contributed by atoms with E-state index in [-0.39, 0.29) is 17.4 Å². The molecule has 0 spiro atoms. The fourth-order valence-electron chi connectivity index (χ4n) is 2.99. The molecule has 2 aliphatic rings. The highest BCUT2D eigenvalue weighted by Gasteiger charge is 2.40. The molecule has 1 aromatic heterocycles. The first-order valence-electron chi connectivity index (χ1n) is 10.5. The summed E-state index contributed by atoms with van der Waals surface area (Å²) in [5.41, 5.74) is 5.60. The van der Waals surface area contributed by atoms with Crippen LogP contribution < -0.4 is 16.1 Å². The predicted octanol–water partition coefficient (Wildman–Crippen LogP) is 4.62. The molecule has 1 aromatic carbocycles. The van der Waals surface area contributed by atoms with Crippen molar-refractivity contribution in [3.63, 3.8) is 0 Å². The van der Waals surface area contributed by atoms with E-state index in [1.165, 1.54) is 30.0 Å². The van der Waals surface area contributed by atoms with E-state index in [9.17, 15) is 19.1 Å². The molecule has 6 nitrogen and oxygen atoms in total. The SMILES string of the molecule is C1CC1.CC.CN(CCCN)c1ccc2c(=O)c(C(=O)O)cn(C3CC3F)c2c1Cl. The molecule has 0 amide bonds. The Hall–Kier alpha value is -2.12. The highest BCUT2D eigenvalue weighted by Crippen LogP contribution is 2.43. The van der Waals surface area contributed by atoms with E-state index in [1.807, 2.05) is 25.8 Å². The molecule has 8 heteroatoms. The lowest BCUT2D eigenvalue weighted by Crippen LogP contribution is -2.23. The molecule has 0 aliphatic heterocycles. The van der Waals surface area contributed by atoms with E-state index in [0.717, 1.165) is 6.42 Å². The van der Waals surface area contributed by atoms with Gasteiger partial charge in [-0.1, -0.05) is 44.7 Å². The first kappa shape index (κ1) is 24.2. The molecule has 1 heterocycles. The molecule has 0 bridgehead atoms. The van der Waals surface area contributed by atoms with Gasteiger partial charge in [-0.25, -0.2) is 9.18 Å². The van der Waals surface area contributed by atoms with Crippen molar-refractivity contribution in [1.82, 2.24) is 4.57 Å². The summed E-state index contributed by atoms with van der Waals surface area (Å²) in [6.45, 7) is 5.21. The number of hydrogen-bond donors (Lipinski definition) is 2. The lowest BCUT2D eigenvalue weighted by molar-refractivity contribution is 0.0694. The van der Waals surface area contributed by atoms with Crippen LogP contribution in [0.1, 0.15) is 62.4 Å². The number of carboxylic acids is 1. The van der Waals surface area contributed by atoms with E-state index in [2.05, 4.69) is 0 Å². The number of pyridine rings is 1. The van der Waals surface area contributed by atoms with Gasteiger partial charge in [-0.15, -0.1) is 0 Å². The van der Waals surface area contributed by atoms with E-state index in [1.54, 1.807) is 12.1 Å². The number of aromatic nitrogens is 1. The van der Waals surface area contributed by atoms with Crippen LogP contribution in [0.3, 0.4) is 0 Å². The summed E-state index contributed by atoms with van der Waals surface area (Å²) in [7, 11) is 1.85. The summed E-state index contributed by atoms with van der Waals surface area (Å²) in [6.07, 6.45) is 5.68. The maximum Gasteiger partial charge on any atom is 0.341 e. The van der Waals surface area contributed by atoms with Crippen LogP contribution in [0.15, 0.2) is 23.1 Å².